The predicted molar refractivity (Wildman–Crippen MR) is 70.1 cm³/mol. The highest BCUT2D eigenvalue weighted by Crippen LogP contribution is 2.18. The molecule has 7 nitrogen and oxygen atoms in total. The minimum absolute atomic E-state index is 0.0173. The zero-order valence-electron chi connectivity index (χ0n) is 10.5. The van der Waals surface area contributed by atoms with Crippen molar-refractivity contribution in [3.05, 3.63) is 0 Å². The SMILES string of the molecule is O=C(O)CCCCNS(=O)(=O)C1CCS(=O)(=O)CC1. The zero-order chi connectivity index (χ0) is 14.5. The van der Waals surface area contributed by atoms with Gasteiger partial charge in [-0.1, -0.05) is 0 Å². The maximum atomic E-state index is 11.9. The fourth-order valence-corrected chi connectivity index (χ4v) is 5.22. The topological polar surface area (TPSA) is 118 Å². The van der Waals surface area contributed by atoms with E-state index in [9.17, 15) is 21.6 Å². The lowest BCUT2D eigenvalue weighted by Gasteiger charge is -2.22. The summed E-state index contributed by atoms with van der Waals surface area (Å²) >= 11 is 0. The Bertz CT molecular complexity index is 496. The van der Waals surface area contributed by atoms with Crippen LogP contribution in [-0.2, 0) is 24.7 Å². The number of rotatable bonds is 7. The van der Waals surface area contributed by atoms with Crippen molar-refractivity contribution in [3.8, 4) is 0 Å². The Balaban J connectivity index is 2.34. The number of sulfonamides is 1. The van der Waals surface area contributed by atoms with Crippen molar-refractivity contribution in [3.63, 3.8) is 0 Å². The summed E-state index contributed by atoms with van der Waals surface area (Å²) in [4.78, 5) is 10.3. The molecule has 0 unspecified atom stereocenters. The summed E-state index contributed by atoms with van der Waals surface area (Å²) < 4.78 is 48.6. The summed E-state index contributed by atoms with van der Waals surface area (Å²) in [5, 5.41) is 7.77. The number of carboxylic acid groups (broad SMARTS) is 1. The van der Waals surface area contributed by atoms with Crippen molar-refractivity contribution in [2.24, 2.45) is 0 Å². The lowest BCUT2D eigenvalue weighted by Crippen LogP contribution is -2.40. The smallest absolute Gasteiger partial charge is 0.303 e. The quantitative estimate of drug-likeness (QED) is 0.625. The molecular formula is C10H19NO6S2. The number of carboxylic acids is 1. The third-order valence-electron chi connectivity index (χ3n) is 3.06. The first-order valence-corrected chi connectivity index (χ1v) is 9.50. The molecule has 0 saturated carbocycles. The first-order valence-electron chi connectivity index (χ1n) is 6.14. The summed E-state index contributed by atoms with van der Waals surface area (Å²) in [5.41, 5.74) is 0. The van der Waals surface area contributed by atoms with Crippen LogP contribution in [-0.4, -0.2) is 51.2 Å². The molecule has 1 saturated heterocycles. The van der Waals surface area contributed by atoms with Crippen LogP contribution in [0.3, 0.4) is 0 Å². The molecule has 1 heterocycles. The Labute approximate surface area is 113 Å². The number of carbonyl (C=O) groups is 1. The number of unbranched alkanes of at least 4 members (excludes halogenated alkanes) is 1. The van der Waals surface area contributed by atoms with E-state index in [1.54, 1.807) is 0 Å². The van der Waals surface area contributed by atoms with Crippen molar-refractivity contribution in [1.29, 1.82) is 0 Å². The summed E-state index contributed by atoms with van der Waals surface area (Å²) in [6.45, 7) is 0.193. The molecule has 2 N–H and O–H groups in total. The van der Waals surface area contributed by atoms with Gasteiger partial charge in [-0.3, -0.25) is 4.79 Å². The van der Waals surface area contributed by atoms with E-state index in [1.165, 1.54) is 0 Å². The van der Waals surface area contributed by atoms with E-state index in [0.29, 0.717) is 12.8 Å². The third-order valence-corrected chi connectivity index (χ3v) is 6.73. The van der Waals surface area contributed by atoms with Crippen LogP contribution in [0.2, 0.25) is 0 Å². The van der Waals surface area contributed by atoms with Gasteiger partial charge in [-0.2, -0.15) is 0 Å². The molecule has 112 valence electrons. The maximum absolute atomic E-state index is 11.9. The number of sulfone groups is 1. The van der Waals surface area contributed by atoms with Gasteiger partial charge in [0.2, 0.25) is 10.0 Å². The van der Waals surface area contributed by atoms with E-state index in [2.05, 4.69) is 4.72 Å². The molecule has 1 aliphatic rings. The Morgan fingerprint density at radius 2 is 1.79 bits per heavy atom. The monoisotopic (exact) mass is 313 g/mol. The first-order chi connectivity index (χ1) is 8.73. The summed E-state index contributed by atoms with van der Waals surface area (Å²) in [7, 11) is -6.57. The summed E-state index contributed by atoms with van der Waals surface area (Å²) in [6.07, 6.45) is 1.15. The fourth-order valence-electron chi connectivity index (χ4n) is 1.91. The Morgan fingerprint density at radius 3 is 2.32 bits per heavy atom. The molecule has 0 bridgehead atoms. The van der Waals surface area contributed by atoms with Crippen molar-refractivity contribution in [2.45, 2.75) is 37.4 Å². The molecule has 0 atom stereocenters. The van der Waals surface area contributed by atoms with E-state index < -0.39 is 31.1 Å². The second-order valence-corrected chi connectivity index (χ2v) is 8.99. The molecule has 0 radical (unpaired) electrons. The van der Waals surface area contributed by atoms with Crippen LogP contribution in [0.15, 0.2) is 0 Å². The lowest BCUT2D eigenvalue weighted by molar-refractivity contribution is -0.137. The molecule has 1 fully saturated rings. The van der Waals surface area contributed by atoms with Crippen LogP contribution in [0.5, 0.6) is 0 Å². The van der Waals surface area contributed by atoms with Crippen LogP contribution in [0.4, 0.5) is 0 Å². The average molecular weight is 313 g/mol. The molecular weight excluding hydrogens is 294 g/mol. The van der Waals surface area contributed by atoms with Gasteiger partial charge < -0.3 is 5.11 Å². The van der Waals surface area contributed by atoms with Gasteiger partial charge in [-0.25, -0.2) is 21.6 Å². The maximum Gasteiger partial charge on any atom is 0.303 e. The normalized spacial score (nSPS) is 20.2. The van der Waals surface area contributed by atoms with E-state index >= 15 is 0 Å². The summed E-state index contributed by atoms with van der Waals surface area (Å²) in [5.74, 6) is -1.07. The van der Waals surface area contributed by atoms with Crippen LogP contribution >= 0.6 is 0 Å². The predicted octanol–water partition coefficient (Wildman–Crippen LogP) is -0.262. The molecule has 0 aromatic rings. The minimum Gasteiger partial charge on any atom is -0.481 e. The Hall–Kier alpha value is -0.670. The van der Waals surface area contributed by atoms with E-state index in [0.717, 1.165) is 0 Å². The highest BCUT2D eigenvalue weighted by atomic mass is 32.2. The highest BCUT2D eigenvalue weighted by molar-refractivity contribution is 7.92. The highest BCUT2D eigenvalue weighted by Gasteiger charge is 2.32. The molecule has 0 aliphatic carbocycles. The van der Waals surface area contributed by atoms with Gasteiger partial charge in [0.1, 0.15) is 9.84 Å². The minimum atomic E-state index is -3.50. The van der Waals surface area contributed by atoms with Gasteiger partial charge in [0.25, 0.3) is 0 Å². The van der Waals surface area contributed by atoms with E-state index in [4.69, 9.17) is 5.11 Å². The zero-order valence-corrected chi connectivity index (χ0v) is 12.2. The number of aliphatic carboxylic acids is 1. The van der Waals surface area contributed by atoms with Crippen molar-refractivity contribution < 1.29 is 26.7 Å². The van der Waals surface area contributed by atoms with Gasteiger partial charge in [0.15, 0.2) is 0 Å². The van der Waals surface area contributed by atoms with Crippen LogP contribution < -0.4 is 4.72 Å². The largest absolute Gasteiger partial charge is 0.481 e. The van der Waals surface area contributed by atoms with Crippen LogP contribution in [0.25, 0.3) is 0 Å². The van der Waals surface area contributed by atoms with Crippen LogP contribution in [0.1, 0.15) is 32.1 Å². The molecule has 19 heavy (non-hydrogen) atoms. The van der Waals surface area contributed by atoms with Gasteiger partial charge in [-0.05, 0) is 25.7 Å². The van der Waals surface area contributed by atoms with Crippen molar-refractivity contribution in [1.82, 2.24) is 4.72 Å². The fraction of sp³-hybridized carbons (Fsp3) is 0.900. The third kappa shape index (κ3) is 5.87. The van der Waals surface area contributed by atoms with Gasteiger partial charge in [-0.15, -0.1) is 0 Å². The Kier molecular flexibility index (Phi) is 5.75. The molecule has 0 aromatic heterocycles. The number of nitrogens with one attached hydrogen (secondary N) is 1. The second-order valence-electron chi connectivity index (χ2n) is 4.64. The second kappa shape index (κ2) is 6.67. The molecule has 1 aliphatic heterocycles. The first kappa shape index (κ1) is 16.4. The Morgan fingerprint density at radius 1 is 1.21 bits per heavy atom. The molecule has 0 aromatic carbocycles. The van der Waals surface area contributed by atoms with Crippen LogP contribution in [0, 0.1) is 0 Å². The standard InChI is InChI=1S/C10H19NO6S2/c12-10(13)3-1-2-6-11-19(16,17)9-4-7-18(14,15)8-5-9/h9,11H,1-8H2,(H,12,13). The van der Waals surface area contributed by atoms with Crippen molar-refractivity contribution >= 4 is 25.8 Å². The van der Waals surface area contributed by atoms with Gasteiger partial charge in [0.05, 0.1) is 16.8 Å². The number of hydrogen-bond acceptors (Lipinski definition) is 5. The van der Waals surface area contributed by atoms with E-state index in [1.807, 2.05) is 0 Å². The van der Waals surface area contributed by atoms with Crippen molar-refractivity contribution in [2.75, 3.05) is 18.1 Å². The van der Waals surface area contributed by atoms with E-state index in [-0.39, 0.29) is 37.3 Å². The van der Waals surface area contributed by atoms with Gasteiger partial charge in [0, 0.05) is 13.0 Å². The molecule has 0 amide bonds. The molecule has 1 rings (SSSR count). The molecule has 0 spiro atoms. The lowest BCUT2D eigenvalue weighted by atomic mass is 10.2. The average Bonchev–Trinajstić information content (AvgIpc) is 2.27. The summed E-state index contributed by atoms with van der Waals surface area (Å²) in [6, 6.07) is 0. The molecule has 9 heteroatoms. The number of hydrogen-bond donors (Lipinski definition) is 2. The van der Waals surface area contributed by atoms with Gasteiger partial charge >= 0.3 is 5.97 Å².